The van der Waals surface area contributed by atoms with Gasteiger partial charge in [-0.25, -0.2) is 9.78 Å². The van der Waals surface area contributed by atoms with E-state index in [2.05, 4.69) is 41.9 Å². The van der Waals surface area contributed by atoms with Gasteiger partial charge in [0, 0.05) is 27.0 Å². The molecule has 38 heavy (non-hydrogen) atoms. The molecule has 0 amide bonds. The number of hydrogen-bond donors (Lipinski definition) is 1. The van der Waals surface area contributed by atoms with Crippen LogP contribution >= 0.6 is 31.9 Å². The standard InChI is InChI=1S/C26H20Br2N4O6/c1-2-4-23-30-21-8-7-18(27)11-20(21)25(33)31(23)29-13-17-10-19(28)12-22(32(36)37)24(17)38-14-15-5-3-6-16(9-15)26(34)35/h3,5-13H,2,4,14H2,1H3,(H,34,35). The predicted octanol–water partition coefficient (Wildman–Crippen LogP) is 5.94. The van der Waals surface area contributed by atoms with Gasteiger partial charge in [-0.1, -0.05) is 50.9 Å². The largest absolute Gasteiger partial charge is 0.481 e. The van der Waals surface area contributed by atoms with Crippen LogP contribution in [0.25, 0.3) is 10.9 Å². The van der Waals surface area contributed by atoms with Gasteiger partial charge in [0.05, 0.1) is 27.6 Å². The first-order valence-electron chi connectivity index (χ1n) is 11.4. The van der Waals surface area contributed by atoms with Crippen molar-refractivity contribution in [2.45, 2.75) is 26.4 Å². The number of nitro groups is 1. The zero-order chi connectivity index (χ0) is 27.4. The SMILES string of the molecule is CCCc1nc2ccc(Br)cc2c(=O)n1N=Cc1cc(Br)cc([N+](=O)[O-])c1OCc1cccc(C(=O)O)c1. The lowest BCUT2D eigenvalue weighted by Gasteiger charge is -2.12. The van der Waals surface area contributed by atoms with Gasteiger partial charge in [0.25, 0.3) is 5.56 Å². The summed E-state index contributed by atoms with van der Waals surface area (Å²) in [4.78, 5) is 40.5. The maximum atomic E-state index is 13.3. The third kappa shape index (κ3) is 5.97. The van der Waals surface area contributed by atoms with Gasteiger partial charge in [-0.3, -0.25) is 14.9 Å². The van der Waals surface area contributed by atoms with E-state index in [0.717, 1.165) is 6.42 Å². The summed E-state index contributed by atoms with van der Waals surface area (Å²) in [6, 6.07) is 14.2. The van der Waals surface area contributed by atoms with Gasteiger partial charge >= 0.3 is 11.7 Å². The van der Waals surface area contributed by atoms with Gasteiger partial charge in [0.2, 0.25) is 5.75 Å². The summed E-state index contributed by atoms with van der Waals surface area (Å²) in [5.74, 6) is -0.732. The number of benzene rings is 3. The number of rotatable bonds is 9. The van der Waals surface area contributed by atoms with E-state index in [0.29, 0.717) is 37.7 Å². The summed E-state index contributed by atoms with van der Waals surface area (Å²) in [5, 5.41) is 25.8. The first kappa shape index (κ1) is 27.1. The summed E-state index contributed by atoms with van der Waals surface area (Å²) in [7, 11) is 0. The van der Waals surface area contributed by atoms with Crippen LogP contribution in [0.15, 0.2) is 73.4 Å². The van der Waals surface area contributed by atoms with E-state index in [1.165, 1.54) is 29.1 Å². The highest BCUT2D eigenvalue weighted by molar-refractivity contribution is 9.10. The van der Waals surface area contributed by atoms with Crippen LogP contribution in [-0.2, 0) is 13.0 Å². The Bertz CT molecular complexity index is 1650. The molecule has 0 atom stereocenters. The Balaban J connectivity index is 1.80. The highest BCUT2D eigenvalue weighted by Gasteiger charge is 2.21. The summed E-state index contributed by atoms with van der Waals surface area (Å²) in [5.41, 5.74) is 0.653. The average molecular weight is 644 g/mol. The van der Waals surface area contributed by atoms with E-state index < -0.39 is 10.9 Å². The molecular weight excluding hydrogens is 624 g/mol. The van der Waals surface area contributed by atoms with Crippen LogP contribution < -0.4 is 10.3 Å². The molecular formula is C26H20Br2N4O6. The normalized spacial score (nSPS) is 11.2. The summed E-state index contributed by atoms with van der Waals surface area (Å²) in [6.07, 6.45) is 2.52. The van der Waals surface area contributed by atoms with E-state index in [9.17, 15) is 24.8 Å². The molecule has 0 spiro atoms. The number of halogens is 2. The van der Waals surface area contributed by atoms with E-state index >= 15 is 0 Å². The Labute approximate surface area is 233 Å². The molecule has 0 unspecified atom stereocenters. The fraction of sp³-hybridized carbons (Fsp3) is 0.154. The molecule has 4 rings (SSSR count). The molecule has 3 aromatic carbocycles. The van der Waals surface area contributed by atoms with Crippen LogP contribution in [0.3, 0.4) is 0 Å². The lowest BCUT2D eigenvalue weighted by atomic mass is 10.1. The Morgan fingerprint density at radius 1 is 1.18 bits per heavy atom. The van der Waals surface area contributed by atoms with Crippen molar-refractivity contribution in [3.05, 3.63) is 107 Å². The third-order valence-electron chi connectivity index (χ3n) is 5.48. The van der Waals surface area contributed by atoms with Crippen LogP contribution in [0.4, 0.5) is 5.69 Å². The smallest absolute Gasteiger partial charge is 0.335 e. The molecule has 10 nitrogen and oxygen atoms in total. The summed E-state index contributed by atoms with van der Waals surface area (Å²) < 4.78 is 8.14. The van der Waals surface area contributed by atoms with E-state index in [1.807, 2.05) is 6.92 Å². The van der Waals surface area contributed by atoms with Crippen LogP contribution in [0.1, 0.15) is 40.7 Å². The Hall–Kier alpha value is -3.90. The number of ether oxygens (including phenoxy) is 1. The van der Waals surface area contributed by atoms with Gasteiger partial charge in [0.15, 0.2) is 0 Å². The third-order valence-corrected chi connectivity index (χ3v) is 6.43. The molecule has 4 aromatic rings. The van der Waals surface area contributed by atoms with Crippen molar-refractivity contribution in [3.63, 3.8) is 0 Å². The molecule has 0 aliphatic rings. The number of carboxylic acids is 1. The summed E-state index contributed by atoms with van der Waals surface area (Å²) >= 11 is 6.66. The number of nitrogens with zero attached hydrogens (tertiary/aromatic N) is 4. The first-order valence-corrected chi connectivity index (χ1v) is 12.9. The lowest BCUT2D eigenvalue weighted by molar-refractivity contribution is -0.386. The minimum Gasteiger partial charge on any atom is -0.481 e. The quantitative estimate of drug-likeness (QED) is 0.135. The molecule has 1 N–H and O–H groups in total. The Morgan fingerprint density at radius 3 is 2.68 bits per heavy atom. The minimum absolute atomic E-state index is 0.0662. The highest BCUT2D eigenvalue weighted by Crippen LogP contribution is 2.34. The zero-order valence-electron chi connectivity index (χ0n) is 19.9. The van der Waals surface area contributed by atoms with Crippen LogP contribution in [-0.4, -0.2) is 31.9 Å². The van der Waals surface area contributed by atoms with Crippen LogP contribution in [0.2, 0.25) is 0 Å². The molecule has 12 heteroatoms. The van der Waals surface area contributed by atoms with Gasteiger partial charge in [0.1, 0.15) is 12.4 Å². The average Bonchev–Trinajstić information content (AvgIpc) is 2.88. The molecule has 0 bridgehead atoms. The van der Waals surface area contributed by atoms with Crippen molar-refractivity contribution in [2.75, 3.05) is 0 Å². The number of aromatic carboxylic acids is 1. The highest BCUT2D eigenvalue weighted by atomic mass is 79.9. The van der Waals surface area contributed by atoms with Gasteiger partial charge < -0.3 is 9.84 Å². The molecule has 0 aliphatic heterocycles. The number of aromatic nitrogens is 2. The van der Waals surface area contributed by atoms with E-state index in [-0.39, 0.29) is 34.7 Å². The second-order valence-electron chi connectivity index (χ2n) is 8.20. The Kier molecular flexibility index (Phi) is 8.32. The predicted molar refractivity (Wildman–Crippen MR) is 149 cm³/mol. The van der Waals surface area contributed by atoms with E-state index in [4.69, 9.17) is 4.74 Å². The molecule has 194 valence electrons. The van der Waals surface area contributed by atoms with Crippen LogP contribution in [0.5, 0.6) is 5.75 Å². The van der Waals surface area contributed by atoms with Crippen LogP contribution in [0, 0.1) is 10.1 Å². The maximum absolute atomic E-state index is 13.3. The van der Waals surface area contributed by atoms with Crippen molar-refractivity contribution in [2.24, 2.45) is 5.10 Å². The Morgan fingerprint density at radius 2 is 1.97 bits per heavy atom. The van der Waals surface area contributed by atoms with Gasteiger partial charge in [-0.05, 0) is 48.4 Å². The zero-order valence-corrected chi connectivity index (χ0v) is 23.1. The second kappa shape index (κ2) is 11.7. The fourth-order valence-corrected chi connectivity index (χ4v) is 4.58. The molecule has 0 radical (unpaired) electrons. The van der Waals surface area contributed by atoms with Crippen molar-refractivity contribution >= 4 is 60.6 Å². The molecule has 0 fully saturated rings. The number of aryl methyl sites for hydroxylation is 1. The minimum atomic E-state index is -1.10. The van der Waals surface area contributed by atoms with Gasteiger partial charge in [-0.2, -0.15) is 9.78 Å². The number of hydrogen-bond acceptors (Lipinski definition) is 7. The number of carboxylic acid groups (broad SMARTS) is 1. The number of carbonyl (C=O) groups is 1. The van der Waals surface area contributed by atoms with Crippen molar-refractivity contribution in [1.29, 1.82) is 0 Å². The van der Waals surface area contributed by atoms with Crippen molar-refractivity contribution in [1.82, 2.24) is 9.66 Å². The van der Waals surface area contributed by atoms with Gasteiger partial charge in [-0.15, -0.1) is 0 Å². The first-order chi connectivity index (χ1) is 18.2. The number of nitro benzene ring substituents is 1. The lowest BCUT2D eigenvalue weighted by Crippen LogP contribution is -2.22. The second-order valence-corrected chi connectivity index (χ2v) is 10.0. The molecule has 0 saturated carbocycles. The topological polar surface area (TPSA) is 137 Å². The molecule has 1 aromatic heterocycles. The molecule has 1 heterocycles. The molecule has 0 aliphatic carbocycles. The van der Waals surface area contributed by atoms with Crippen molar-refractivity contribution < 1.29 is 19.6 Å². The van der Waals surface area contributed by atoms with Crippen molar-refractivity contribution in [3.8, 4) is 5.75 Å². The van der Waals surface area contributed by atoms with E-state index in [1.54, 1.807) is 36.4 Å². The fourth-order valence-electron chi connectivity index (χ4n) is 3.76. The summed E-state index contributed by atoms with van der Waals surface area (Å²) in [6.45, 7) is 1.83. The maximum Gasteiger partial charge on any atom is 0.335 e. The number of fused-ring (bicyclic) bond motifs is 1. The monoisotopic (exact) mass is 642 g/mol. The molecule has 0 saturated heterocycles.